The maximum Gasteiger partial charge on any atom is 0.231 e. The van der Waals surface area contributed by atoms with Crippen LogP contribution in [0.25, 0.3) is 0 Å². The van der Waals surface area contributed by atoms with Crippen LogP contribution in [0.5, 0.6) is 0 Å². The average Bonchev–Trinajstić information content (AvgIpc) is 2.29. The van der Waals surface area contributed by atoms with E-state index in [1.54, 1.807) is 0 Å². The second-order valence-corrected chi connectivity index (χ2v) is 5.21. The summed E-state index contributed by atoms with van der Waals surface area (Å²) in [6.45, 7) is 4.86. The smallest absolute Gasteiger partial charge is 0.231 e. The fourth-order valence-corrected chi connectivity index (χ4v) is 2.65. The number of rotatable bonds is 6. The molecule has 1 amide bonds. The minimum atomic E-state index is -0.338. The van der Waals surface area contributed by atoms with Crippen molar-refractivity contribution in [2.45, 2.75) is 25.9 Å². The van der Waals surface area contributed by atoms with Crippen LogP contribution in [-0.4, -0.2) is 29.9 Å². The van der Waals surface area contributed by atoms with Gasteiger partial charge in [0, 0.05) is 10.5 Å². The summed E-state index contributed by atoms with van der Waals surface area (Å²) >= 11 is 3.53. The monoisotopic (exact) mass is 313 g/mol. The first-order valence-corrected chi connectivity index (χ1v) is 6.79. The van der Waals surface area contributed by atoms with Gasteiger partial charge in [0.2, 0.25) is 5.91 Å². The zero-order valence-corrected chi connectivity index (χ0v) is 12.4. The van der Waals surface area contributed by atoms with E-state index >= 15 is 0 Å². The number of hydrogen-bond donors (Lipinski definition) is 2. The van der Waals surface area contributed by atoms with E-state index in [0.29, 0.717) is 0 Å². The normalized spacial score (nSPS) is 14.5. The number of likely N-dealkylation sites (N-methyl/N-ethyl adjacent to an activating group) is 1. The maximum atomic E-state index is 11.1. The van der Waals surface area contributed by atoms with Crippen LogP contribution >= 0.6 is 15.9 Å². The van der Waals surface area contributed by atoms with E-state index in [0.717, 1.165) is 16.6 Å². The minimum absolute atomic E-state index is 0.0296. The molecule has 0 bridgehead atoms. The van der Waals surface area contributed by atoms with E-state index in [9.17, 15) is 4.79 Å². The molecule has 1 aromatic rings. The molecule has 4 nitrogen and oxygen atoms in total. The summed E-state index contributed by atoms with van der Waals surface area (Å²) in [6.07, 6.45) is 0. The number of primary amides is 1. The number of halogens is 1. The number of nitrogens with zero attached hydrogens (tertiary/aromatic N) is 1. The molecule has 1 aromatic carbocycles. The van der Waals surface area contributed by atoms with E-state index < -0.39 is 0 Å². The van der Waals surface area contributed by atoms with Gasteiger partial charge >= 0.3 is 0 Å². The second kappa shape index (κ2) is 6.87. The van der Waals surface area contributed by atoms with Crippen LogP contribution in [0.1, 0.15) is 25.5 Å². The van der Waals surface area contributed by atoms with E-state index in [2.05, 4.69) is 15.9 Å². The summed E-state index contributed by atoms with van der Waals surface area (Å²) < 4.78 is 0.996. The predicted octanol–water partition coefficient (Wildman–Crippen LogP) is 1.64. The van der Waals surface area contributed by atoms with Gasteiger partial charge in [-0.3, -0.25) is 9.69 Å². The molecule has 4 N–H and O–H groups in total. The Morgan fingerprint density at radius 3 is 2.50 bits per heavy atom. The van der Waals surface area contributed by atoms with Crippen LogP contribution in [-0.2, 0) is 4.79 Å². The van der Waals surface area contributed by atoms with E-state index in [1.165, 1.54) is 0 Å². The lowest BCUT2D eigenvalue weighted by molar-refractivity contribution is -0.119. The maximum absolute atomic E-state index is 11.1. The van der Waals surface area contributed by atoms with Crippen LogP contribution in [0.4, 0.5) is 0 Å². The fraction of sp³-hybridized carbons (Fsp3) is 0.462. The third-order valence-corrected chi connectivity index (χ3v) is 3.60. The van der Waals surface area contributed by atoms with Gasteiger partial charge in [-0.15, -0.1) is 0 Å². The topological polar surface area (TPSA) is 72.3 Å². The molecule has 0 saturated carbocycles. The molecule has 0 spiro atoms. The zero-order chi connectivity index (χ0) is 13.7. The molecule has 0 aliphatic heterocycles. The third kappa shape index (κ3) is 3.80. The molecule has 0 aliphatic carbocycles. The average molecular weight is 314 g/mol. The summed E-state index contributed by atoms with van der Waals surface area (Å²) in [6, 6.07) is 7.79. The van der Waals surface area contributed by atoms with Crippen LogP contribution < -0.4 is 11.5 Å². The molecule has 5 heteroatoms. The van der Waals surface area contributed by atoms with Gasteiger partial charge < -0.3 is 11.5 Å². The Hall–Kier alpha value is -0.910. The molecule has 0 heterocycles. The molecular formula is C13H20BrN3O. The van der Waals surface area contributed by atoms with E-state index in [4.69, 9.17) is 11.5 Å². The van der Waals surface area contributed by atoms with Crippen molar-refractivity contribution >= 4 is 21.8 Å². The first-order valence-electron chi connectivity index (χ1n) is 5.99. The highest BCUT2D eigenvalue weighted by Gasteiger charge is 2.25. The first-order chi connectivity index (χ1) is 8.47. The summed E-state index contributed by atoms with van der Waals surface area (Å²) in [4.78, 5) is 13.1. The van der Waals surface area contributed by atoms with Gasteiger partial charge in [0.05, 0.1) is 12.6 Å². The van der Waals surface area contributed by atoms with Crippen molar-refractivity contribution in [2.24, 2.45) is 11.5 Å². The zero-order valence-electron chi connectivity index (χ0n) is 10.8. The molecule has 2 atom stereocenters. The number of amides is 1. The van der Waals surface area contributed by atoms with Gasteiger partial charge in [0.1, 0.15) is 0 Å². The van der Waals surface area contributed by atoms with Crippen molar-refractivity contribution in [3.05, 3.63) is 34.3 Å². The standard InChI is InChI=1S/C13H20BrN3O/c1-3-17(8-12(16)18)13(9(2)15)10-6-4-5-7-11(10)14/h4-7,9,13H,3,8,15H2,1-2H3,(H2,16,18). The second-order valence-electron chi connectivity index (χ2n) is 4.35. The summed E-state index contributed by atoms with van der Waals surface area (Å²) in [7, 11) is 0. The highest BCUT2D eigenvalue weighted by molar-refractivity contribution is 9.10. The Labute approximate surface area is 116 Å². The molecule has 0 saturated heterocycles. The molecule has 0 fully saturated rings. The SMILES string of the molecule is CCN(CC(N)=O)C(c1ccccc1Br)C(C)N. The van der Waals surface area contributed by atoms with Crippen molar-refractivity contribution in [3.8, 4) is 0 Å². The van der Waals surface area contributed by atoms with Crippen LogP contribution in [0.3, 0.4) is 0 Å². The van der Waals surface area contributed by atoms with Gasteiger partial charge in [-0.25, -0.2) is 0 Å². The molecule has 2 unspecified atom stereocenters. The van der Waals surface area contributed by atoms with Gasteiger partial charge in [-0.05, 0) is 25.1 Å². The van der Waals surface area contributed by atoms with Gasteiger partial charge in [0.25, 0.3) is 0 Å². The predicted molar refractivity (Wildman–Crippen MR) is 77.0 cm³/mol. The molecule has 18 heavy (non-hydrogen) atoms. The van der Waals surface area contributed by atoms with Crippen molar-refractivity contribution in [3.63, 3.8) is 0 Å². The van der Waals surface area contributed by atoms with Crippen LogP contribution in [0.2, 0.25) is 0 Å². The Morgan fingerprint density at radius 2 is 2.06 bits per heavy atom. The lowest BCUT2D eigenvalue weighted by atomic mass is 9.99. The Balaban J connectivity index is 3.08. The molecular weight excluding hydrogens is 294 g/mol. The van der Waals surface area contributed by atoms with Crippen molar-refractivity contribution in [1.29, 1.82) is 0 Å². The number of benzene rings is 1. The lowest BCUT2D eigenvalue weighted by Gasteiger charge is -2.33. The molecule has 0 radical (unpaired) electrons. The van der Waals surface area contributed by atoms with Gasteiger partial charge in [-0.2, -0.15) is 0 Å². The van der Waals surface area contributed by atoms with E-state index in [1.807, 2.05) is 43.0 Å². The van der Waals surface area contributed by atoms with Crippen LogP contribution in [0, 0.1) is 0 Å². The minimum Gasteiger partial charge on any atom is -0.369 e. The quantitative estimate of drug-likeness (QED) is 0.838. The number of hydrogen-bond acceptors (Lipinski definition) is 3. The Bertz CT molecular complexity index is 409. The highest BCUT2D eigenvalue weighted by atomic mass is 79.9. The molecule has 0 aliphatic rings. The molecule has 0 aromatic heterocycles. The third-order valence-electron chi connectivity index (χ3n) is 2.88. The Kier molecular flexibility index (Phi) is 5.78. The van der Waals surface area contributed by atoms with Crippen molar-refractivity contribution in [2.75, 3.05) is 13.1 Å². The van der Waals surface area contributed by atoms with Gasteiger partial charge in [0.15, 0.2) is 0 Å². The largest absolute Gasteiger partial charge is 0.369 e. The molecule has 1 rings (SSSR count). The van der Waals surface area contributed by atoms with E-state index in [-0.39, 0.29) is 24.5 Å². The highest BCUT2D eigenvalue weighted by Crippen LogP contribution is 2.29. The summed E-state index contributed by atoms with van der Waals surface area (Å²) in [5.74, 6) is -0.338. The number of carbonyl (C=O) groups is 1. The number of carbonyl (C=O) groups excluding carboxylic acids is 1. The number of nitrogens with two attached hydrogens (primary N) is 2. The van der Waals surface area contributed by atoms with Crippen molar-refractivity contribution < 1.29 is 4.79 Å². The summed E-state index contributed by atoms with van der Waals surface area (Å²) in [5.41, 5.74) is 12.4. The van der Waals surface area contributed by atoms with Crippen molar-refractivity contribution in [1.82, 2.24) is 4.90 Å². The van der Waals surface area contributed by atoms with Crippen LogP contribution in [0.15, 0.2) is 28.7 Å². The fourth-order valence-electron chi connectivity index (χ4n) is 2.13. The molecule has 100 valence electrons. The van der Waals surface area contributed by atoms with Gasteiger partial charge in [-0.1, -0.05) is 41.1 Å². The lowest BCUT2D eigenvalue weighted by Crippen LogP contribution is -2.43. The Morgan fingerprint density at radius 1 is 1.44 bits per heavy atom. The first kappa shape index (κ1) is 15.1. The summed E-state index contributed by atoms with van der Waals surface area (Å²) in [5, 5.41) is 0.